The Labute approximate surface area is 238 Å². The Kier molecular flexibility index (Phi) is 7.12. The lowest BCUT2D eigenvalue weighted by Crippen LogP contribution is -2.50. The zero-order chi connectivity index (χ0) is 30.7. The van der Waals surface area contributed by atoms with Crippen LogP contribution in [0.25, 0.3) is 0 Å². The highest BCUT2D eigenvalue weighted by molar-refractivity contribution is 7.87. The Morgan fingerprint density at radius 1 is 0.500 bits per heavy atom. The van der Waals surface area contributed by atoms with Gasteiger partial charge in [-0.1, -0.05) is 0 Å². The largest absolute Gasteiger partial charge is 0.493 e. The molecule has 2 heterocycles. The van der Waals surface area contributed by atoms with E-state index in [0.717, 1.165) is 24.3 Å². The van der Waals surface area contributed by atoms with Crippen molar-refractivity contribution in [3.05, 3.63) is 36.4 Å². The fraction of sp³-hybridized carbons (Fsp3) is 0.333. The topological polar surface area (TPSA) is 198 Å². The number of rotatable bonds is 10. The molecule has 1 aliphatic carbocycles. The average molecular weight is 627 g/mol. The second kappa shape index (κ2) is 10.2. The third-order valence-corrected chi connectivity index (χ3v) is 9.47. The summed E-state index contributed by atoms with van der Waals surface area (Å²) in [6, 6.07) is 6.79. The van der Waals surface area contributed by atoms with Crippen molar-refractivity contribution in [3.63, 3.8) is 0 Å². The minimum Gasteiger partial charge on any atom is -0.493 e. The van der Waals surface area contributed by atoms with Crippen molar-refractivity contribution in [1.82, 2.24) is 10.1 Å². The van der Waals surface area contributed by atoms with Gasteiger partial charge in [-0.15, -0.1) is 18.7 Å². The van der Waals surface area contributed by atoms with Crippen molar-refractivity contribution in [2.75, 3.05) is 28.4 Å². The first kappa shape index (κ1) is 29.2. The van der Waals surface area contributed by atoms with Gasteiger partial charge in [0.25, 0.3) is 23.6 Å². The lowest BCUT2D eigenvalue weighted by Gasteiger charge is -2.35. The molecule has 0 bridgehead atoms. The molecule has 0 aromatic heterocycles. The van der Waals surface area contributed by atoms with E-state index in [4.69, 9.17) is 27.5 Å². The van der Waals surface area contributed by atoms with Crippen molar-refractivity contribution in [2.45, 2.75) is 9.79 Å². The van der Waals surface area contributed by atoms with Gasteiger partial charge in [-0.05, 0) is 24.3 Å². The van der Waals surface area contributed by atoms with Gasteiger partial charge in [0.05, 0.1) is 61.9 Å². The number of hydrogen-bond acceptors (Lipinski definition) is 14. The fourth-order valence-electron chi connectivity index (χ4n) is 5.11. The Balaban J connectivity index is 1.35. The van der Waals surface area contributed by atoms with Gasteiger partial charge in [-0.2, -0.15) is 16.8 Å². The summed E-state index contributed by atoms with van der Waals surface area (Å²) in [5, 5.41) is -0.0162. The molecular formula is C24H22N2O14S2. The van der Waals surface area contributed by atoms with Crippen molar-refractivity contribution in [2.24, 2.45) is 23.7 Å². The molecule has 224 valence electrons. The number of methoxy groups -OCH3 is 4. The van der Waals surface area contributed by atoms with E-state index in [0.29, 0.717) is 0 Å². The maximum atomic E-state index is 13.1. The molecule has 0 atom stereocenters. The van der Waals surface area contributed by atoms with Crippen molar-refractivity contribution < 1.29 is 63.5 Å². The predicted molar refractivity (Wildman–Crippen MR) is 133 cm³/mol. The molecule has 16 nitrogen and oxygen atoms in total. The van der Waals surface area contributed by atoms with Crippen LogP contribution in [0.15, 0.2) is 46.2 Å². The van der Waals surface area contributed by atoms with E-state index in [1.165, 1.54) is 40.6 Å². The monoisotopic (exact) mass is 626 g/mol. The normalized spacial score (nSPS) is 23.4. The number of hydrogen-bond donors (Lipinski definition) is 0. The molecule has 0 unspecified atom stereocenters. The highest BCUT2D eigenvalue weighted by atomic mass is 32.2. The summed E-state index contributed by atoms with van der Waals surface area (Å²) < 4.78 is 81.4. The number of imide groups is 2. The molecule has 2 aliphatic heterocycles. The van der Waals surface area contributed by atoms with Gasteiger partial charge >= 0.3 is 20.2 Å². The minimum absolute atomic E-state index is 0.00811. The van der Waals surface area contributed by atoms with Crippen LogP contribution in [0.3, 0.4) is 0 Å². The number of carbonyl (C=O) groups excluding carboxylic acids is 4. The Hall–Kier alpha value is -4.26. The number of fused-ring (bicyclic) bond motifs is 4. The highest BCUT2D eigenvalue weighted by Gasteiger charge is 2.75. The van der Waals surface area contributed by atoms with E-state index >= 15 is 0 Å². The van der Waals surface area contributed by atoms with Crippen LogP contribution in [0.1, 0.15) is 0 Å². The van der Waals surface area contributed by atoms with E-state index < -0.39 is 77.3 Å². The van der Waals surface area contributed by atoms with E-state index in [2.05, 4.69) is 0 Å². The molecule has 3 aliphatic rings. The van der Waals surface area contributed by atoms with Gasteiger partial charge < -0.3 is 18.9 Å². The smallest absolute Gasteiger partial charge is 0.318 e. The highest BCUT2D eigenvalue weighted by Crippen LogP contribution is 2.57. The van der Waals surface area contributed by atoms with Crippen LogP contribution in [-0.4, -0.2) is 79.0 Å². The van der Waals surface area contributed by atoms with Crippen LogP contribution in [-0.2, 0) is 48.0 Å². The Bertz CT molecular complexity index is 1560. The van der Waals surface area contributed by atoms with Crippen molar-refractivity contribution >= 4 is 43.9 Å². The molecule has 2 aromatic carbocycles. The van der Waals surface area contributed by atoms with Crippen LogP contribution < -0.4 is 18.9 Å². The van der Waals surface area contributed by atoms with Gasteiger partial charge in [0, 0.05) is 12.1 Å². The summed E-state index contributed by atoms with van der Waals surface area (Å²) in [6.45, 7) is 0. The SMILES string of the molecule is COc1ccc(S(=O)(=O)ON2C(=O)C3C(C2=O)C2C(=O)N(OS(=O)(=O)c4ccc(OC)c(OC)c4)C(=O)C32)cc1OC. The number of hydroxylamine groups is 4. The number of carbonyl (C=O) groups is 4. The summed E-state index contributed by atoms with van der Waals surface area (Å²) >= 11 is 0. The second-order valence-electron chi connectivity index (χ2n) is 9.14. The molecule has 1 saturated carbocycles. The fourth-order valence-corrected chi connectivity index (χ4v) is 6.94. The van der Waals surface area contributed by atoms with Crippen LogP contribution in [0, 0.1) is 23.7 Å². The molecule has 2 saturated heterocycles. The molecular weight excluding hydrogens is 604 g/mol. The lowest BCUT2D eigenvalue weighted by atomic mass is 9.59. The van der Waals surface area contributed by atoms with Crippen molar-refractivity contribution in [1.29, 1.82) is 0 Å². The summed E-state index contributed by atoms with van der Waals surface area (Å²) in [4.78, 5) is 51.3. The van der Waals surface area contributed by atoms with Crippen molar-refractivity contribution in [3.8, 4) is 23.0 Å². The van der Waals surface area contributed by atoms with Crippen LogP contribution >= 0.6 is 0 Å². The third-order valence-electron chi connectivity index (χ3n) is 7.12. The summed E-state index contributed by atoms with van der Waals surface area (Å²) in [5.41, 5.74) is 0. The summed E-state index contributed by atoms with van der Waals surface area (Å²) in [5.74, 6) is -10.2. The molecule has 3 fully saturated rings. The average Bonchev–Trinajstić information content (AvgIpc) is 3.26. The van der Waals surface area contributed by atoms with Crippen LogP contribution in [0.4, 0.5) is 0 Å². The van der Waals surface area contributed by atoms with Crippen LogP contribution in [0.2, 0.25) is 0 Å². The second-order valence-corrected chi connectivity index (χ2v) is 12.2. The minimum atomic E-state index is -4.77. The number of benzene rings is 2. The number of amides is 4. The Morgan fingerprint density at radius 2 is 0.786 bits per heavy atom. The van der Waals surface area contributed by atoms with Gasteiger partial charge in [-0.3, -0.25) is 19.2 Å². The van der Waals surface area contributed by atoms with Gasteiger partial charge in [0.1, 0.15) is 0 Å². The first-order valence-corrected chi connectivity index (χ1v) is 14.7. The first-order valence-electron chi connectivity index (χ1n) is 11.9. The first-order chi connectivity index (χ1) is 19.8. The molecule has 2 aromatic rings. The molecule has 0 spiro atoms. The van der Waals surface area contributed by atoms with Gasteiger partial charge in [0.15, 0.2) is 23.0 Å². The molecule has 0 N–H and O–H groups in total. The van der Waals surface area contributed by atoms with E-state index in [-0.39, 0.29) is 33.1 Å². The van der Waals surface area contributed by atoms with Gasteiger partial charge in [-0.25, -0.2) is 0 Å². The zero-order valence-electron chi connectivity index (χ0n) is 22.2. The van der Waals surface area contributed by atoms with Gasteiger partial charge in [0.2, 0.25) is 0 Å². The molecule has 5 rings (SSSR count). The molecule has 18 heteroatoms. The Morgan fingerprint density at radius 3 is 1.05 bits per heavy atom. The van der Waals surface area contributed by atoms with E-state index in [1.807, 2.05) is 0 Å². The standard InChI is InChI=1S/C24H22N2O14S2/c1-35-13-7-5-11(9-15(13)37-3)41(31,32)39-25-21(27)17-18(22(25)28)20-19(17)23(29)26(24(20)30)40-42(33,34)12-6-8-14(36-2)16(10-12)38-4/h5-10,17-20H,1-4H3. The summed E-state index contributed by atoms with van der Waals surface area (Å²) in [6.07, 6.45) is 0. The summed E-state index contributed by atoms with van der Waals surface area (Å²) in [7, 11) is -4.35. The van der Waals surface area contributed by atoms with E-state index in [1.54, 1.807) is 0 Å². The molecule has 0 radical (unpaired) electrons. The lowest BCUT2D eigenvalue weighted by molar-refractivity contribution is -0.169. The maximum Gasteiger partial charge on any atom is 0.318 e. The van der Waals surface area contributed by atoms with Crippen LogP contribution in [0.5, 0.6) is 23.0 Å². The predicted octanol–water partition coefficient (Wildman–Crippen LogP) is -0.122. The quantitative estimate of drug-likeness (QED) is 0.316. The molecule has 42 heavy (non-hydrogen) atoms. The third kappa shape index (κ3) is 4.34. The maximum absolute atomic E-state index is 13.1. The number of ether oxygens (including phenoxy) is 4. The molecule has 4 amide bonds. The van der Waals surface area contributed by atoms with E-state index in [9.17, 15) is 36.0 Å². The number of nitrogens with zero attached hydrogens (tertiary/aromatic N) is 2. The zero-order valence-corrected chi connectivity index (χ0v) is 23.8.